The van der Waals surface area contributed by atoms with E-state index in [1.807, 2.05) is 0 Å². The highest BCUT2D eigenvalue weighted by Gasteiger charge is 2.17. The maximum absolute atomic E-state index is 13.4. The van der Waals surface area contributed by atoms with Crippen molar-refractivity contribution < 1.29 is 18.7 Å². The van der Waals surface area contributed by atoms with Gasteiger partial charge in [0.25, 0.3) is 11.8 Å². The summed E-state index contributed by atoms with van der Waals surface area (Å²) in [7, 11) is 1.67. The van der Waals surface area contributed by atoms with Crippen molar-refractivity contribution in [2.45, 2.75) is 13.0 Å². The maximum atomic E-state index is 13.4. The number of hydrogen-bond acceptors (Lipinski definition) is 4. The molecule has 2 N–H and O–H groups in total. The van der Waals surface area contributed by atoms with E-state index < -0.39 is 23.7 Å². The molecule has 0 radical (unpaired) electrons. The van der Waals surface area contributed by atoms with Crippen molar-refractivity contribution in [1.82, 2.24) is 20.6 Å². The number of carbonyl (C=O) groups is 2. The summed E-state index contributed by atoms with van der Waals surface area (Å²) in [5.41, 5.74) is 4.73. The SMILES string of the molecule is C[C@H](Oc1ccccc1F)C(=O)NNC(=O)c1cnn(C)c1. The Hall–Kier alpha value is -2.90. The van der Waals surface area contributed by atoms with Crippen LogP contribution in [0.1, 0.15) is 17.3 Å². The first-order chi connectivity index (χ1) is 10.5. The number of nitrogens with zero attached hydrogens (tertiary/aromatic N) is 2. The molecule has 0 unspecified atom stereocenters. The van der Waals surface area contributed by atoms with Gasteiger partial charge >= 0.3 is 0 Å². The lowest BCUT2D eigenvalue weighted by Crippen LogP contribution is -2.47. The topological polar surface area (TPSA) is 85.2 Å². The zero-order valence-corrected chi connectivity index (χ0v) is 12.0. The highest BCUT2D eigenvalue weighted by Crippen LogP contribution is 2.16. The molecule has 1 aromatic carbocycles. The monoisotopic (exact) mass is 306 g/mol. The summed E-state index contributed by atoms with van der Waals surface area (Å²) in [5.74, 6) is -1.73. The van der Waals surface area contributed by atoms with Crippen LogP contribution in [0.2, 0.25) is 0 Å². The summed E-state index contributed by atoms with van der Waals surface area (Å²) in [6.07, 6.45) is 1.88. The van der Waals surface area contributed by atoms with Crippen LogP contribution in [0.5, 0.6) is 5.75 Å². The van der Waals surface area contributed by atoms with Gasteiger partial charge in [0.2, 0.25) is 0 Å². The Bertz CT molecular complexity index is 686. The number of para-hydroxylation sites is 1. The molecule has 1 aromatic heterocycles. The number of nitrogens with one attached hydrogen (secondary N) is 2. The lowest BCUT2D eigenvalue weighted by atomic mass is 10.3. The Labute approximate surface area is 126 Å². The zero-order valence-electron chi connectivity index (χ0n) is 12.0. The van der Waals surface area contributed by atoms with Crippen molar-refractivity contribution in [3.05, 3.63) is 48.0 Å². The van der Waals surface area contributed by atoms with Gasteiger partial charge in [0.15, 0.2) is 17.7 Å². The van der Waals surface area contributed by atoms with E-state index in [0.717, 1.165) is 0 Å². The Morgan fingerprint density at radius 2 is 2.05 bits per heavy atom. The molecule has 0 aliphatic rings. The minimum Gasteiger partial charge on any atom is -0.478 e. The first-order valence-corrected chi connectivity index (χ1v) is 6.47. The van der Waals surface area contributed by atoms with Gasteiger partial charge < -0.3 is 4.74 Å². The molecule has 1 heterocycles. The van der Waals surface area contributed by atoms with Crippen LogP contribution in [0.25, 0.3) is 0 Å². The molecule has 2 amide bonds. The molecule has 7 nitrogen and oxygen atoms in total. The summed E-state index contributed by atoms with van der Waals surface area (Å²) in [5, 5.41) is 3.84. The molecule has 0 bridgehead atoms. The Kier molecular flexibility index (Phi) is 4.72. The number of rotatable bonds is 4. The highest BCUT2D eigenvalue weighted by atomic mass is 19.1. The number of hydrogen-bond donors (Lipinski definition) is 2. The van der Waals surface area contributed by atoms with Crippen LogP contribution in [0.3, 0.4) is 0 Å². The van der Waals surface area contributed by atoms with Gasteiger partial charge in [0.05, 0.1) is 11.8 Å². The van der Waals surface area contributed by atoms with E-state index in [0.29, 0.717) is 5.56 Å². The second-order valence-corrected chi connectivity index (χ2v) is 4.54. The third-order valence-corrected chi connectivity index (χ3v) is 2.78. The van der Waals surface area contributed by atoms with Gasteiger partial charge in [-0.15, -0.1) is 0 Å². The predicted octanol–water partition coefficient (Wildman–Crippen LogP) is 0.788. The van der Waals surface area contributed by atoms with Gasteiger partial charge in [-0.2, -0.15) is 5.10 Å². The van der Waals surface area contributed by atoms with Crippen LogP contribution in [0.4, 0.5) is 4.39 Å². The van der Waals surface area contributed by atoms with E-state index in [9.17, 15) is 14.0 Å². The number of hydrazine groups is 1. The highest BCUT2D eigenvalue weighted by molar-refractivity contribution is 5.95. The number of carbonyl (C=O) groups excluding carboxylic acids is 2. The van der Waals surface area contributed by atoms with Crippen LogP contribution in [0, 0.1) is 5.82 Å². The number of aromatic nitrogens is 2. The minimum absolute atomic E-state index is 0.0382. The van der Waals surface area contributed by atoms with Crippen molar-refractivity contribution >= 4 is 11.8 Å². The molecule has 2 aromatic rings. The second kappa shape index (κ2) is 6.70. The number of halogens is 1. The predicted molar refractivity (Wildman–Crippen MR) is 75.3 cm³/mol. The fourth-order valence-corrected chi connectivity index (χ4v) is 1.61. The normalized spacial score (nSPS) is 11.6. The van der Waals surface area contributed by atoms with Gasteiger partial charge in [0.1, 0.15) is 0 Å². The summed E-state index contributed by atoms with van der Waals surface area (Å²) in [6, 6.07) is 5.74. The molecule has 1 atom stereocenters. The van der Waals surface area contributed by atoms with Crippen LogP contribution in [-0.4, -0.2) is 27.7 Å². The fourth-order valence-electron chi connectivity index (χ4n) is 1.61. The van der Waals surface area contributed by atoms with Crippen molar-refractivity contribution in [3.63, 3.8) is 0 Å². The van der Waals surface area contributed by atoms with Gasteiger partial charge in [-0.25, -0.2) is 4.39 Å². The average Bonchev–Trinajstić information content (AvgIpc) is 2.93. The summed E-state index contributed by atoms with van der Waals surface area (Å²) < 4.78 is 20.1. The number of aryl methyl sites for hydroxylation is 1. The molecule has 8 heteroatoms. The number of amides is 2. The molecule has 22 heavy (non-hydrogen) atoms. The molecule has 0 fully saturated rings. The van der Waals surface area contributed by atoms with Crippen molar-refractivity contribution in [1.29, 1.82) is 0 Å². The lowest BCUT2D eigenvalue weighted by molar-refractivity contribution is -0.128. The largest absolute Gasteiger partial charge is 0.478 e. The summed E-state index contributed by atoms with van der Waals surface area (Å²) in [4.78, 5) is 23.5. The van der Waals surface area contributed by atoms with Crippen LogP contribution >= 0.6 is 0 Å². The molecule has 0 saturated carbocycles. The first-order valence-electron chi connectivity index (χ1n) is 6.47. The third kappa shape index (κ3) is 3.81. The standard InChI is InChI=1S/C14H15FN4O3/c1-9(22-12-6-4-3-5-11(12)15)13(20)17-18-14(21)10-7-16-19(2)8-10/h3-9H,1-2H3,(H,17,20)(H,18,21)/t9-/m0/s1. The number of ether oxygens (including phenoxy) is 1. The Balaban J connectivity index is 1.86. The molecule has 2 rings (SSSR count). The van der Waals surface area contributed by atoms with E-state index in [1.165, 1.54) is 42.2 Å². The van der Waals surface area contributed by atoms with Gasteiger partial charge in [0, 0.05) is 13.2 Å². The number of benzene rings is 1. The van der Waals surface area contributed by atoms with E-state index in [-0.39, 0.29) is 5.75 Å². The summed E-state index contributed by atoms with van der Waals surface area (Å²) >= 11 is 0. The second-order valence-electron chi connectivity index (χ2n) is 4.54. The average molecular weight is 306 g/mol. The third-order valence-electron chi connectivity index (χ3n) is 2.78. The van der Waals surface area contributed by atoms with Gasteiger partial charge in [-0.1, -0.05) is 12.1 Å². The van der Waals surface area contributed by atoms with Crippen molar-refractivity contribution in [2.75, 3.05) is 0 Å². The molecule has 116 valence electrons. The van der Waals surface area contributed by atoms with Crippen LogP contribution in [-0.2, 0) is 11.8 Å². The quantitative estimate of drug-likeness (QED) is 0.818. The van der Waals surface area contributed by atoms with Gasteiger partial charge in [-0.3, -0.25) is 25.1 Å². The maximum Gasteiger partial charge on any atom is 0.279 e. The minimum atomic E-state index is -0.980. The Morgan fingerprint density at radius 1 is 1.32 bits per heavy atom. The zero-order chi connectivity index (χ0) is 16.1. The van der Waals surface area contributed by atoms with Crippen molar-refractivity contribution in [2.24, 2.45) is 7.05 Å². The van der Waals surface area contributed by atoms with E-state index in [4.69, 9.17) is 4.74 Å². The smallest absolute Gasteiger partial charge is 0.279 e. The van der Waals surface area contributed by atoms with Gasteiger partial charge in [-0.05, 0) is 19.1 Å². The van der Waals surface area contributed by atoms with Crippen LogP contribution < -0.4 is 15.6 Å². The van der Waals surface area contributed by atoms with E-state index in [1.54, 1.807) is 13.1 Å². The molecular weight excluding hydrogens is 291 g/mol. The lowest BCUT2D eigenvalue weighted by Gasteiger charge is -2.15. The van der Waals surface area contributed by atoms with E-state index >= 15 is 0 Å². The molecule has 0 aliphatic carbocycles. The Morgan fingerprint density at radius 3 is 2.68 bits per heavy atom. The van der Waals surface area contributed by atoms with Crippen LogP contribution in [0.15, 0.2) is 36.7 Å². The first kappa shape index (κ1) is 15.5. The van der Waals surface area contributed by atoms with Crippen molar-refractivity contribution in [3.8, 4) is 5.75 Å². The molecular formula is C14H15FN4O3. The van der Waals surface area contributed by atoms with E-state index in [2.05, 4.69) is 16.0 Å². The molecule has 0 spiro atoms. The fraction of sp³-hybridized carbons (Fsp3) is 0.214. The molecule has 0 aliphatic heterocycles. The summed E-state index contributed by atoms with van der Waals surface area (Å²) in [6.45, 7) is 1.44. The molecule has 0 saturated heterocycles.